The fourth-order valence-corrected chi connectivity index (χ4v) is 3.10. The maximum absolute atomic E-state index is 10.00. The highest BCUT2D eigenvalue weighted by Crippen LogP contribution is 2.28. The van der Waals surface area contributed by atoms with Crippen LogP contribution in [-0.2, 0) is 12.8 Å². The van der Waals surface area contributed by atoms with Crippen LogP contribution in [0.1, 0.15) is 44.1 Å². The van der Waals surface area contributed by atoms with E-state index in [2.05, 4.69) is 62.0 Å². The number of rotatable bonds is 7. The van der Waals surface area contributed by atoms with E-state index in [4.69, 9.17) is 12.2 Å². The summed E-state index contributed by atoms with van der Waals surface area (Å²) in [6, 6.07) is 6.32. The largest absolute Gasteiger partial charge is 0.512 e. The number of benzene rings is 1. The summed E-state index contributed by atoms with van der Waals surface area (Å²) >= 11 is 5.53. The summed E-state index contributed by atoms with van der Waals surface area (Å²) in [6.07, 6.45) is 7.42. The van der Waals surface area contributed by atoms with Gasteiger partial charge in [-0.1, -0.05) is 50.8 Å². The zero-order chi connectivity index (χ0) is 20.4. The fourth-order valence-electron chi connectivity index (χ4n) is 2.87. The number of hydrogen-bond acceptors (Lipinski definition) is 3. The van der Waals surface area contributed by atoms with Crippen molar-refractivity contribution in [2.24, 2.45) is 0 Å². The first kappa shape index (κ1) is 22.4. The molecule has 5 heteroatoms. The van der Waals surface area contributed by atoms with Crippen molar-refractivity contribution in [2.75, 3.05) is 0 Å². The number of hydrogen-bond donors (Lipinski definition) is 2. The number of aromatic amines is 1. The second-order valence-corrected chi connectivity index (χ2v) is 6.09. The van der Waals surface area contributed by atoms with Crippen LogP contribution in [0.25, 0.3) is 11.3 Å². The predicted molar refractivity (Wildman–Crippen MR) is 118 cm³/mol. The third kappa shape index (κ3) is 5.17. The van der Waals surface area contributed by atoms with Crippen molar-refractivity contribution in [1.82, 2.24) is 14.8 Å². The molecule has 0 saturated heterocycles. The second kappa shape index (κ2) is 11.1. The van der Waals surface area contributed by atoms with Crippen LogP contribution in [0, 0.1) is 4.77 Å². The molecule has 0 spiro atoms. The Hall–Kier alpha value is -2.66. The van der Waals surface area contributed by atoms with Crippen LogP contribution < -0.4 is 0 Å². The zero-order valence-electron chi connectivity index (χ0n) is 16.5. The molecule has 0 saturated carbocycles. The molecule has 0 atom stereocenters. The van der Waals surface area contributed by atoms with Crippen molar-refractivity contribution in [3.63, 3.8) is 0 Å². The van der Waals surface area contributed by atoms with E-state index in [0.717, 1.165) is 24.1 Å². The summed E-state index contributed by atoms with van der Waals surface area (Å²) in [4.78, 5) is 0. The summed E-state index contributed by atoms with van der Waals surface area (Å²) in [7, 11) is 0. The highest BCUT2D eigenvalue weighted by atomic mass is 32.1. The first-order valence-electron chi connectivity index (χ1n) is 9.01. The van der Waals surface area contributed by atoms with E-state index >= 15 is 0 Å². The molecule has 0 aliphatic rings. The van der Waals surface area contributed by atoms with E-state index in [0.29, 0.717) is 17.0 Å². The van der Waals surface area contributed by atoms with Gasteiger partial charge in [0.2, 0.25) is 0 Å². The van der Waals surface area contributed by atoms with Gasteiger partial charge in [-0.15, -0.1) is 13.2 Å². The molecule has 2 rings (SSSR count). The monoisotopic (exact) mass is 383 g/mol. The van der Waals surface area contributed by atoms with Crippen molar-refractivity contribution in [1.29, 1.82) is 0 Å². The number of aryl methyl sites for hydroxylation is 2. The molecular weight excluding hydrogens is 354 g/mol. The van der Waals surface area contributed by atoms with Gasteiger partial charge in [-0.2, -0.15) is 5.10 Å². The second-order valence-electron chi connectivity index (χ2n) is 5.70. The summed E-state index contributed by atoms with van der Waals surface area (Å²) in [5.74, 6) is 0.988. The topological polar surface area (TPSA) is 53.8 Å². The van der Waals surface area contributed by atoms with Crippen LogP contribution in [-0.4, -0.2) is 19.9 Å². The highest BCUT2D eigenvalue weighted by molar-refractivity contribution is 7.71. The number of nitrogens with zero attached hydrogens (tertiary/aromatic N) is 2. The van der Waals surface area contributed by atoms with Crippen LogP contribution in [0.5, 0.6) is 0 Å². The molecule has 27 heavy (non-hydrogen) atoms. The summed E-state index contributed by atoms with van der Waals surface area (Å²) in [6.45, 7) is 15.9. The van der Waals surface area contributed by atoms with Crippen LogP contribution in [0.3, 0.4) is 0 Å². The molecule has 0 unspecified atom stereocenters. The van der Waals surface area contributed by atoms with Crippen molar-refractivity contribution >= 4 is 17.8 Å². The van der Waals surface area contributed by atoms with Crippen molar-refractivity contribution in [2.45, 2.75) is 40.0 Å². The highest BCUT2D eigenvalue weighted by Gasteiger charge is 2.18. The molecule has 2 aromatic rings. The van der Waals surface area contributed by atoms with Gasteiger partial charge in [0.25, 0.3) is 0 Å². The molecule has 0 fully saturated rings. The Morgan fingerprint density at radius 2 is 1.85 bits per heavy atom. The van der Waals surface area contributed by atoms with Gasteiger partial charge in [-0.3, -0.25) is 9.67 Å². The molecule has 0 aliphatic carbocycles. The molecule has 0 bridgehead atoms. The fraction of sp³-hybridized carbons (Fsp3) is 0.273. The number of aromatic nitrogens is 3. The number of aliphatic hydroxyl groups excluding tert-OH is 1. The van der Waals surface area contributed by atoms with E-state index in [9.17, 15) is 5.11 Å². The van der Waals surface area contributed by atoms with Gasteiger partial charge in [0.1, 0.15) is 0 Å². The van der Waals surface area contributed by atoms with Crippen molar-refractivity contribution in [3.8, 4) is 5.69 Å². The smallest absolute Gasteiger partial charge is 0.200 e. The molecule has 0 aliphatic heterocycles. The van der Waals surface area contributed by atoms with E-state index in [-0.39, 0.29) is 5.76 Å². The molecule has 1 heterocycles. The molecule has 0 amide bonds. The average Bonchev–Trinajstić information content (AvgIpc) is 3.09. The maximum atomic E-state index is 10.00. The van der Waals surface area contributed by atoms with E-state index in [1.807, 2.05) is 10.6 Å². The van der Waals surface area contributed by atoms with Crippen molar-refractivity contribution < 1.29 is 5.11 Å². The van der Waals surface area contributed by atoms with Gasteiger partial charge in [-0.05, 0) is 49.2 Å². The van der Waals surface area contributed by atoms with Gasteiger partial charge in [0.05, 0.1) is 11.4 Å². The first-order chi connectivity index (χ1) is 13.1. The minimum atomic E-state index is 0.285. The van der Waals surface area contributed by atoms with E-state index < -0.39 is 0 Å². The Morgan fingerprint density at radius 3 is 2.33 bits per heavy atom. The quantitative estimate of drug-likeness (QED) is 0.256. The van der Waals surface area contributed by atoms with Gasteiger partial charge in [0.15, 0.2) is 10.6 Å². The number of para-hydroxylation sites is 1. The third-order valence-corrected chi connectivity index (χ3v) is 4.45. The standard InChI is InChI=1S/C20H25N3OS.C2H4/c1-5-10-16(13-17(24)8-4)19-21-22-20(25)23(19)18-14(6-2)11-9-12-15(18)7-3;1-2/h5,8-12,24H,1,6-7,13H2,2-4H3,(H,22,25);1-2H2/b16-10+,17-8+;. The molecule has 144 valence electrons. The number of allylic oxidation sites excluding steroid dienone is 4. The SMILES string of the molecule is C=C.C=C/C=C(\C/C(O)=C\C)c1n[nH]c(=S)n1-c1c(CC)cccc1CC. The van der Waals surface area contributed by atoms with Gasteiger partial charge in [-0.25, -0.2) is 0 Å². The molecule has 4 nitrogen and oxygen atoms in total. The minimum absolute atomic E-state index is 0.285. The van der Waals surface area contributed by atoms with E-state index in [1.54, 1.807) is 19.1 Å². The maximum Gasteiger partial charge on any atom is 0.200 e. The lowest BCUT2D eigenvalue weighted by atomic mass is 10.0. The molecular formula is C22H29N3OS. The van der Waals surface area contributed by atoms with Crippen LogP contribution >= 0.6 is 12.2 Å². The van der Waals surface area contributed by atoms with Gasteiger partial charge in [0, 0.05) is 12.0 Å². The summed E-state index contributed by atoms with van der Waals surface area (Å²) in [5, 5.41) is 17.3. The van der Waals surface area contributed by atoms with Crippen LogP contribution in [0.15, 0.2) is 61.9 Å². The zero-order valence-corrected chi connectivity index (χ0v) is 17.3. The van der Waals surface area contributed by atoms with E-state index in [1.165, 1.54) is 11.1 Å². The van der Waals surface area contributed by atoms with Gasteiger partial charge >= 0.3 is 0 Å². The lowest BCUT2D eigenvalue weighted by Gasteiger charge is -2.17. The number of H-pyrrole nitrogens is 1. The first-order valence-corrected chi connectivity index (χ1v) is 9.42. The number of nitrogens with one attached hydrogen (secondary N) is 1. The molecule has 2 N–H and O–H groups in total. The Bertz CT molecular complexity index is 865. The van der Waals surface area contributed by atoms with Crippen LogP contribution in [0.4, 0.5) is 0 Å². The summed E-state index contributed by atoms with van der Waals surface area (Å²) < 4.78 is 2.52. The Balaban J connectivity index is 0.00000176. The third-order valence-electron chi connectivity index (χ3n) is 4.17. The molecule has 0 radical (unpaired) electrons. The minimum Gasteiger partial charge on any atom is -0.512 e. The lowest BCUT2D eigenvalue weighted by molar-refractivity contribution is 0.402. The lowest BCUT2D eigenvalue weighted by Crippen LogP contribution is -2.08. The molecule has 1 aromatic carbocycles. The van der Waals surface area contributed by atoms with Crippen LogP contribution in [0.2, 0.25) is 0 Å². The average molecular weight is 384 g/mol. The predicted octanol–water partition coefficient (Wildman–Crippen LogP) is 6.28. The van der Waals surface area contributed by atoms with Gasteiger partial charge < -0.3 is 5.11 Å². The normalized spacial score (nSPS) is 11.7. The Kier molecular flexibility index (Phi) is 9.23. The van der Waals surface area contributed by atoms with Crippen molar-refractivity contribution in [3.05, 3.63) is 83.6 Å². The Labute approximate surface area is 167 Å². The Morgan fingerprint density at radius 1 is 1.26 bits per heavy atom. The summed E-state index contributed by atoms with van der Waals surface area (Å²) in [5.41, 5.74) is 4.36. The molecule has 1 aromatic heterocycles. The number of aliphatic hydroxyl groups is 1.